The highest BCUT2D eigenvalue weighted by molar-refractivity contribution is 6.96. The average molecular weight is 520 g/mol. The van der Waals surface area contributed by atoms with Gasteiger partial charge in [0.15, 0.2) is 52.8 Å². The highest BCUT2D eigenvalue weighted by Crippen LogP contribution is 2.19. The SMILES string of the molecule is C.C.C=C([SiH2]O[Si](C)(C)C(=C)[SiH2]O[Si](C)(C)C)[Si](C)(C)O[SiH2]O[Si](C)(C)CN.[HH].[HH]. The smallest absolute Gasteiger partial charge is 0.284 e. The predicted molar refractivity (Wildman–Crippen MR) is 151 cm³/mol. The van der Waals surface area contributed by atoms with Gasteiger partial charge in [-0.15, -0.1) is 13.2 Å². The molecular formula is C16H53NO4Si7. The van der Waals surface area contributed by atoms with E-state index in [2.05, 4.69) is 72.1 Å². The third-order valence-corrected chi connectivity index (χ3v) is 29.9. The van der Waals surface area contributed by atoms with E-state index in [-0.39, 0.29) is 17.7 Å². The Labute approximate surface area is 190 Å². The van der Waals surface area contributed by atoms with Crippen molar-refractivity contribution in [2.24, 2.45) is 5.73 Å². The van der Waals surface area contributed by atoms with Crippen LogP contribution in [0.3, 0.4) is 0 Å². The van der Waals surface area contributed by atoms with Gasteiger partial charge in [0, 0.05) is 9.02 Å². The van der Waals surface area contributed by atoms with Crippen molar-refractivity contribution in [2.75, 3.05) is 6.17 Å². The van der Waals surface area contributed by atoms with Crippen LogP contribution in [-0.2, 0) is 16.5 Å². The van der Waals surface area contributed by atoms with Gasteiger partial charge in [0.2, 0.25) is 0 Å². The van der Waals surface area contributed by atoms with E-state index in [1.165, 1.54) is 9.64 Å². The highest BCUT2D eigenvalue weighted by Gasteiger charge is 2.32. The first-order valence-electron chi connectivity index (χ1n) is 9.15. The molecule has 0 aromatic heterocycles. The maximum Gasteiger partial charge on any atom is 0.284 e. The van der Waals surface area contributed by atoms with Crippen LogP contribution in [0.2, 0.25) is 58.9 Å². The van der Waals surface area contributed by atoms with Crippen LogP contribution in [0.25, 0.3) is 0 Å². The molecule has 174 valence electrons. The number of rotatable bonds is 13. The Balaban J connectivity index is -0.000000521. The Morgan fingerprint density at radius 3 is 1.54 bits per heavy atom. The molecule has 0 saturated carbocycles. The van der Waals surface area contributed by atoms with Crippen LogP contribution in [0, 0.1) is 0 Å². The Bertz CT molecular complexity index is 504. The van der Waals surface area contributed by atoms with Gasteiger partial charge in [-0.25, -0.2) is 0 Å². The maximum absolute atomic E-state index is 6.44. The molecule has 0 amide bonds. The molecule has 0 aromatic rings. The summed E-state index contributed by atoms with van der Waals surface area (Å²) in [5.41, 5.74) is 5.77. The monoisotopic (exact) mass is 519 g/mol. The minimum absolute atomic E-state index is 0. The fraction of sp³-hybridized carbons (Fsp3) is 0.750. The van der Waals surface area contributed by atoms with Crippen LogP contribution in [0.4, 0.5) is 0 Å². The van der Waals surface area contributed by atoms with Crippen molar-refractivity contribution >= 4 is 62.8 Å². The Morgan fingerprint density at radius 1 is 0.750 bits per heavy atom. The summed E-state index contributed by atoms with van der Waals surface area (Å²) in [6, 6.07) is 0. The average Bonchev–Trinajstić information content (AvgIpc) is 2.49. The molecule has 0 saturated heterocycles. The summed E-state index contributed by atoms with van der Waals surface area (Å²) in [4.78, 5) is 2.47. The van der Waals surface area contributed by atoms with E-state index in [9.17, 15) is 0 Å². The van der Waals surface area contributed by atoms with Crippen LogP contribution in [0.15, 0.2) is 22.8 Å². The van der Waals surface area contributed by atoms with Gasteiger partial charge in [0.1, 0.15) is 0 Å². The van der Waals surface area contributed by atoms with Gasteiger partial charge >= 0.3 is 0 Å². The summed E-state index contributed by atoms with van der Waals surface area (Å²) < 4.78 is 24.8. The molecule has 0 fully saturated rings. The lowest BCUT2D eigenvalue weighted by atomic mass is 11.2. The van der Waals surface area contributed by atoms with Crippen LogP contribution in [0.1, 0.15) is 17.7 Å². The molecule has 0 aliphatic heterocycles. The minimum atomic E-state index is -1.96. The van der Waals surface area contributed by atoms with E-state index in [4.69, 9.17) is 22.2 Å². The van der Waals surface area contributed by atoms with Crippen molar-refractivity contribution in [3.63, 3.8) is 0 Å². The molecule has 0 bridgehead atoms. The van der Waals surface area contributed by atoms with Gasteiger partial charge in [-0.05, 0) is 58.9 Å². The molecule has 0 aromatic carbocycles. The van der Waals surface area contributed by atoms with Crippen molar-refractivity contribution in [1.29, 1.82) is 0 Å². The number of nitrogens with two attached hydrogens (primary N) is 1. The number of hydrogen-bond donors (Lipinski definition) is 1. The Morgan fingerprint density at radius 2 is 1.14 bits per heavy atom. The van der Waals surface area contributed by atoms with Crippen LogP contribution >= 0.6 is 0 Å². The fourth-order valence-electron chi connectivity index (χ4n) is 1.52. The van der Waals surface area contributed by atoms with Crippen molar-refractivity contribution in [2.45, 2.75) is 73.8 Å². The molecule has 0 aliphatic carbocycles. The number of hydrogen-bond acceptors (Lipinski definition) is 5. The quantitative estimate of drug-likeness (QED) is 0.379. The summed E-state index contributed by atoms with van der Waals surface area (Å²) in [6.07, 6.45) is 0.634. The fourth-order valence-corrected chi connectivity index (χ4v) is 17.3. The zero-order valence-electron chi connectivity index (χ0n) is 18.5. The molecule has 5 nitrogen and oxygen atoms in total. The molecule has 0 atom stereocenters. The Kier molecular flexibility index (Phi) is 15.8. The van der Waals surface area contributed by atoms with E-state index < -0.39 is 62.8 Å². The summed E-state index contributed by atoms with van der Waals surface area (Å²) in [7, 11) is -9.67. The van der Waals surface area contributed by atoms with E-state index in [1.54, 1.807) is 0 Å². The summed E-state index contributed by atoms with van der Waals surface area (Å²) >= 11 is 0. The van der Waals surface area contributed by atoms with Gasteiger partial charge < -0.3 is 22.2 Å². The summed E-state index contributed by atoms with van der Waals surface area (Å²) in [5, 5.41) is 0. The zero-order valence-corrected chi connectivity index (χ0v) is 26.7. The molecule has 0 unspecified atom stereocenters. The largest absolute Gasteiger partial charge is 0.457 e. The van der Waals surface area contributed by atoms with Crippen molar-refractivity contribution in [1.82, 2.24) is 0 Å². The highest BCUT2D eigenvalue weighted by atomic mass is 28.4. The third-order valence-electron chi connectivity index (χ3n) is 4.35. The first-order valence-corrected chi connectivity index (χ1v) is 25.2. The van der Waals surface area contributed by atoms with Gasteiger partial charge in [0.25, 0.3) is 10.0 Å². The van der Waals surface area contributed by atoms with Crippen molar-refractivity contribution < 1.29 is 19.3 Å². The zero-order chi connectivity index (χ0) is 20.8. The van der Waals surface area contributed by atoms with Crippen molar-refractivity contribution in [3.8, 4) is 0 Å². The topological polar surface area (TPSA) is 62.9 Å². The molecule has 0 heterocycles. The van der Waals surface area contributed by atoms with Crippen molar-refractivity contribution in [3.05, 3.63) is 22.8 Å². The second-order valence-corrected chi connectivity index (χ2v) is 33.4. The standard InChI is InChI=1S/C14H41NO4Si7.2CH4.2H2/c1-13(20-16-23(3,4)5)25(8,9)17-21-14(2)26(10,11)19-22-18-24(6,7)12-15;;;;/h1-2,12,15,20-22H2,3-11H3;2*1H4;2*1H. The summed E-state index contributed by atoms with van der Waals surface area (Å²) in [6.45, 7) is 28.4. The van der Waals surface area contributed by atoms with E-state index in [1.807, 2.05) is 0 Å². The lowest BCUT2D eigenvalue weighted by Crippen LogP contribution is -2.46. The first kappa shape index (κ1) is 33.4. The van der Waals surface area contributed by atoms with E-state index in [0.717, 1.165) is 0 Å². The molecule has 0 aliphatic rings. The van der Waals surface area contributed by atoms with Gasteiger partial charge in [0.05, 0.1) is 0 Å². The van der Waals surface area contributed by atoms with Gasteiger partial charge in [-0.1, -0.05) is 24.5 Å². The van der Waals surface area contributed by atoms with Crippen LogP contribution in [0.5, 0.6) is 0 Å². The normalized spacial score (nSPS) is 14.1. The Hall–Kier alpha value is 0.798. The molecular weight excluding hydrogens is 467 g/mol. The molecule has 0 rings (SSSR count). The second kappa shape index (κ2) is 13.3. The van der Waals surface area contributed by atoms with Gasteiger partial charge in [-0.3, -0.25) is 0 Å². The maximum atomic E-state index is 6.44. The molecule has 0 spiro atoms. The molecule has 0 radical (unpaired) electrons. The van der Waals surface area contributed by atoms with Crippen LogP contribution < -0.4 is 5.73 Å². The lowest BCUT2D eigenvalue weighted by molar-refractivity contribution is 0.454. The molecule has 28 heavy (non-hydrogen) atoms. The molecule has 12 heteroatoms. The first-order chi connectivity index (χ1) is 11.5. The second-order valence-electron chi connectivity index (χ2n) is 9.29. The van der Waals surface area contributed by atoms with Gasteiger partial charge in [-0.2, -0.15) is 0 Å². The third kappa shape index (κ3) is 13.9. The molecule has 2 N–H and O–H groups in total. The van der Waals surface area contributed by atoms with E-state index in [0.29, 0.717) is 6.17 Å². The minimum Gasteiger partial charge on any atom is -0.457 e. The predicted octanol–water partition coefficient (Wildman–Crippen LogP) is 3.04. The lowest BCUT2D eigenvalue weighted by Gasteiger charge is -2.32. The van der Waals surface area contributed by atoms with Crippen LogP contribution in [-0.4, -0.2) is 69.0 Å². The van der Waals surface area contributed by atoms with E-state index >= 15 is 0 Å². The summed E-state index contributed by atoms with van der Waals surface area (Å²) in [5.74, 6) is 0.